The zero-order valence-corrected chi connectivity index (χ0v) is 17.3. The Morgan fingerprint density at radius 2 is 1.39 bits per heavy atom. The van der Waals surface area contributed by atoms with E-state index in [9.17, 15) is 29.4 Å². The van der Waals surface area contributed by atoms with Gasteiger partial charge in [-0.1, -0.05) is 12.1 Å². The van der Waals surface area contributed by atoms with E-state index in [-0.39, 0.29) is 17.9 Å². The van der Waals surface area contributed by atoms with Gasteiger partial charge in [-0.2, -0.15) is 12.6 Å². The van der Waals surface area contributed by atoms with Crippen molar-refractivity contribution in [1.29, 1.82) is 0 Å². The van der Waals surface area contributed by atoms with Crippen LogP contribution in [-0.2, 0) is 25.6 Å². The van der Waals surface area contributed by atoms with E-state index in [4.69, 9.17) is 15.9 Å². The van der Waals surface area contributed by atoms with Crippen LogP contribution in [0.5, 0.6) is 5.75 Å². The molecule has 0 heterocycles. The van der Waals surface area contributed by atoms with Gasteiger partial charge in [0.2, 0.25) is 17.7 Å². The number of aliphatic hydroxyl groups excluding tert-OH is 2. The number of carboxylic acid groups (broad SMARTS) is 1. The molecule has 172 valence electrons. The fourth-order valence-electron chi connectivity index (χ4n) is 2.36. The lowest BCUT2D eigenvalue weighted by Crippen LogP contribution is -2.59. The molecular weight excluding hydrogens is 432 g/mol. The molecule has 0 aliphatic heterocycles. The van der Waals surface area contributed by atoms with Crippen molar-refractivity contribution in [2.75, 3.05) is 19.0 Å². The van der Waals surface area contributed by atoms with Gasteiger partial charge in [0, 0.05) is 12.2 Å². The summed E-state index contributed by atoms with van der Waals surface area (Å²) >= 11 is 3.87. The first-order chi connectivity index (χ1) is 14.6. The van der Waals surface area contributed by atoms with Crippen molar-refractivity contribution >= 4 is 36.3 Å². The average molecular weight is 458 g/mol. The number of aliphatic hydroxyl groups is 2. The lowest BCUT2D eigenvalue weighted by molar-refractivity contribution is -0.141. The number of aliphatic carboxylic acids is 1. The standard InChI is InChI=1S/C18H26N4O8S/c19-11(6-23)15(26)21-13(7-24)17(28)20-12(5-9-1-3-10(25)4-2-9)16(27)22-14(8-31)18(29)30/h1-4,11-14,23-25,31H,5-8,19H2,(H,20,28)(H,21,26)(H,22,27)(H,29,30). The first-order valence-electron chi connectivity index (χ1n) is 9.12. The second-order valence-corrected chi connectivity index (χ2v) is 6.91. The highest BCUT2D eigenvalue weighted by atomic mass is 32.1. The van der Waals surface area contributed by atoms with Crippen molar-refractivity contribution in [2.24, 2.45) is 5.73 Å². The van der Waals surface area contributed by atoms with Crippen LogP contribution >= 0.6 is 12.6 Å². The number of aromatic hydroxyl groups is 1. The number of nitrogens with one attached hydrogen (secondary N) is 3. The molecule has 0 aromatic heterocycles. The van der Waals surface area contributed by atoms with Gasteiger partial charge < -0.3 is 42.1 Å². The van der Waals surface area contributed by atoms with Crippen molar-refractivity contribution in [3.05, 3.63) is 29.8 Å². The average Bonchev–Trinajstić information content (AvgIpc) is 2.75. The molecule has 13 heteroatoms. The van der Waals surface area contributed by atoms with E-state index >= 15 is 0 Å². The number of benzene rings is 1. The summed E-state index contributed by atoms with van der Waals surface area (Å²) in [4.78, 5) is 48.1. The Balaban J connectivity index is 3.01. The van der Waals surface area contributed by atoms with Crippen molar-refractivity contribution in [3.8, 4) is 5.75 Å². The maximum Gasteiger partial charge on any atom is 0.327 e. The third-order valence-electron chi connectivity index (χ3n) is 4.16. The molecule has 4 atom stereocenters. The fraction of sp³-hybridized carbons (Fsp3) is 0.444. The maximum absolute atomic E-state index is 12.6. The molecule has 31 heavy (non-hydrogen) atoms. The van der Waals surface area contributed by atoms with Gasteiger partial charge in [-0.15, -0.1) is 0 Å². The van der Waals surface area contributed by atoms with Gasteiger partial charge >= 0.3 is 5.97 Å². The number of phenolic OH excluding ortho intramolecular Hbond substituents is 1. The zero-order valence-electron chi connectivity index (χ0n) is 16.4. The second kappa shape index (κ2) is 12.7. The number of nitrogens with two attached hydrogens (primary N) is 1. The van der Waals surface area contributed by atoms with Crippen LogP contribution in [0.3, 0.4) is 0 Å². The lowest BCUT2D eigenvalue weighted by Gasteiger charge is -2.24. The van der Waals surface area contributed by atoms with Crippen molar-refractivity contribution in [1.82, 2.24) is 16.0 Å². The van der Waals surface area contributed by atoms with Gasteiger partial charge in [0.05, 0.1) is 13.2 Å². The van der Waals surface area contributed by atoms with Crippen LogP contribution in [0, 0.1) is 0 Å². The molecule has 12 nitrogen and oxygen atoms in total. The van der Waals surface area contributed by atoms with Gasteiger partial charge in [0.1, 0.15) is 29.9 Å². The number of thiol groups is 1. The minimum absolute atomic E-state index is 0.0157. The van der Waals surface area contributed by atoms with Crippen LogP contribution < -0.4 is 21.7 Å². The van der Waals surface area contributed by atoms with Crippen LogP contribution in [0.25, 0.3) is 0 Å². The molecule has 1 aromatic rings. The van der Waals surface area contributed by atoms with E-state index in [1.54, 1.807) is 0 Å². The molecule has 0 saturated carbocycles. The van der Waals surface area contributed by atoms with Crippen LogP contribution in [0.15, 0.2) is 24.3 Å². The minimum atomic E-state index is -1.47. The van der Waals surface area contributed by atoms with E-state index in [0.29, 0.717) is 5.56 Å². The molecule has 0 bridgehead atoms. The second-order valence-electron chi connectivity index (χ2n) is 6.55. The number of carbonyl (C=O) groups excluding carboxylic acids is 3. The molecule has 0 fully saturated rings. The van der Waals surface area contributed by atoms with Gasteiger partial charge in [0.25, 0.3) is 0 Å². The monoisotopic (exact) mass is 458 g/mol. The summed E-state index contributed by atoms with van der Waals surface area (Å²) in [7, 11) is 0. The Morgan fingerprint density at radius 1 is 0.871 bits per heavy atom. The van der Waals surface area contributed by atoms with Crippen LogP contribution in [0.4, 0.5) is 0 Å². The van der Waals surface area contributed by atoms with Gasteiger partial charge in [-0.05, 0) is 17.7 Å². The normalized spacial score (nSPS) is 14.6. The smallest absolute Gasteiger partial charge is 0.327 e. The topological polar surface area (TPSA) is 211 Å². The molecule has 0 radical (unpaired) electrons. The van der Waals surface area contributed by atoms with Gasteiger partial charge in [-0.25, -0.2) is 4.79 Å². The Kier molecular flexibility index (Phi) is 10.8. The number of carbonyl (C=O) groups is 4. The number of rotatable bonds is 12. The number of hydrogen-bond acceptors (Lipinski definition) is 9. The summed E-state index contributed by atoms with van der Waals surface area (Å²) in [6, 6.07) is 0.355. The van der Waals surface area contributed by atoms with E-state index in [0.717, 1.165) is 0 Å². The van der Waals surface area contributed by atoms with E-state index in [1.165, 1.54) is 24.3 Å². The third kappa shape index (κ3) is 8.41. The molecular formula is C18H26N4O8S. The maximum atomic E-state index is 12.6. The quantitative estimate of drug-likeness (QED) is 0.143. The lowest BCUT2D eigenvalue weighted by atomic mass is 10.0. The summed E-state index contributed by atoms with van der Waals surface area (Å²) in [5.41, 5.74) is 5.89. The molecule has 9 N–H and O–H groups in total. The van der Waals surface area contributed by atoms with Crippen LogP contribution in [0.2, 0.25) is 0 Å². The number of amides is 3. The van der Waals surface area contributed by atoms with Crippen molar-refractivity contribution in [2.45, 2.75) is 30.6 Å². The third-order valence-corrected chi connectivity index (χ3v) is 4.52. The molecule has 3 amide bonds. The largest absolute Gasteiger partial charge is 0.508 e. The minimum Gasteiger partial charge on any atom is -0.508 e. The molecule has 1 rings (SSSR count). The van der Waals surface area contributed by atoms with Gasteiger partial charge in [0.15, 0.2) is 0 Å². The molecule has 1 aromatic carbocycles. The predicted molar refractivity (Wildman–Crippen MR) is 111 cm³/mol. The van der Waals surface area contributed by atoms with Crippen LogP contribution in [0.1, 0.15) is 5.56 Å². The SMILES string of the molecule is NC(CO)C(=O)NC(CO)C(=O)NC(Cc1ccc(O)cc1)C(=O)NC(CS)C(=O)O. The molecule has 0 saturated heterocycles. The summed E-state index contributed by atoms with van der Waals surface area (Å²) in [5.74, 6) is -4.20. The van der Waals surface area contributed by atoms with Gasteiger partial charge in [-0.3, -0.25) is 14.4 Å². The van der Waals surface area contributed by atoms with Crippen LogP contribution in [-0.4, -0.2) is 87.3 Å². The number of hydrogen-bond donors (Lipinski definition) is 9. The predicted octanol–water partition coefficient (Wildman–Crippen LogP) is -3.28. The summed E-state index contributed by atoms with van der Waals surface area (Å²) in [5, 5.41) is 43.6. The first kappa shape index (κ1) is 26.2. The van der Waals surface area contributed by atoms with Crippen molar-refractivity contribution in [3.63, 3.8) is 0 Å². The molecule has 0 spiro atoms. The Hall–Kier alpha value is -2.87. The Labute approximate surface area is 183 Å². The highest BCUT2D eigenvalue weighted by molar-refractivity contribution is 7.80. The highest BCUT2D eigenvalue weighted by Gasteiger charge is 2.29. The fourth-order valence-corrected chi connectivity index (χ4v) is 2.61. The van der Waals surface area contributed by atoms with E-state index < -0.39 is 61.1 Å². The molecule has 0 aliphatic carbocycles. The summed E-state index contributed by atoms with van der Waals surface area (Å²) in [6.45, 7) is -1.50. The molecule has 0 aliphatic rings. The number of phenols is 1. The Bertz CT molecular complexity index is 776. The summed E-state index contributed by atoms with van der Waals surface area (Å²) < 4.78 is 0. The zero-order chi connectivity index (χ0) is 23.6. The first-order valence-corrected chi connectivity index (χ1v) is 9.76. The van der Waals surface area contributed by atoms with Crippen molar-refractivity contribution < 1.29 is 39.6 Å². The summed E-state index contributed by atoms with van der Waals surface area (Å²) in [6.07, 6.45) is -0.0843. The Morgan fingerprint density at radius 3 is 1.87 bits per heavy atom. The molecule has 4 unspecified atom stereocenters. The van der Waals surface area contributed by atoms with E-state index in [1.807, 2.05) is 0 Å². The number of carboxylic acids is 1. The van der Waals surface area contributed by atoms with E-state index in [2.05, 4.69) is 28.6 Å². The highest BCUT2D eigenvalue weighted by Crippen LogP contribution is 2.12.